The van der Waals surface area contributed by atoms with Crippen LogP contribution in [0.15, 0.2) is 6.20 Å². The summed E-state index contributed by atoms with van der Waals surface area (Å²) in [5, 5.41) is 11.9. The summed E-state index contributed by atoms with van der Waals surface area (Å²) in [5.74, 6) is 0. The topological polar surface area (TPSA) is 49.2 Å². The molecular formula is C15H30N6. The second-order valence-corrected chi connectivity index (χ2v) is 7.07. The molecule has 120 valence electrons. The fourth-order valence-corrected chi connectivity index (χ4v) is 2.45. The monoisotopic (exact) mass is 294 g/mol. The number of aromatic nitrogens is 3. The fourth-order valence-electron chi connectivity index (χ4n) is 2.45. The highest BCUT2D eigenvalue weighted by atomic mass is 15.4. The first-order valence-electron chi connectivity index (χ1n) is 7.97. The predicted octanol–water partition coefficient (Wildman–Crippen LogP) is 0.804. The van der Waals surface area contributed by atoms with Crippen LogP contribution in [0.4, 0.5) is 0 Å². The van der Waals surface area contributed by atoms with E-state index in [4.69, 9.17) is 0 Å². The molecule has 1 aromatic heterocycles. The molecule has 1 aromatic rings. The van der Waals surface area contributed by atoms with Gasteiger partial charge in [0.2, 0.25) is 0 Å². The fraction of sp³-hybridized carbons (Fsp3) is 0.867. The average molecular weight is 294 g/mol. The maximum Gasteiger partial charge on any atom is 0.0965 e. The molecule has 0 spiro atoms. The lowest BCUT2D eigenvalue weighted by Gasteiger charge is -2.19. The van der Waals surface area contributed by atoms with E-state index < -0.39 is 0 Å². The summed E-state index contributed by atoms with van der Waals surface area (Å²) < 4.78 is 1.97. The number of hydrogen-bond donors (Lipinski definition) is 1. The zero-order chi connectivity index (χ0) is 15.3. The van der Waals surface area contributed by atoms with E-state index in [0.29, 0.717) is 0 Å². The lowest BCUT2D eigenvalue weighted by atomic mass is 10.1. The van der Waals surface area contributed by atoms with E-state index in [-0.39, 0.29) is 5.54 Å². The zero-order valence-electron chi connectivity index (χ0n) is 14.0. The summed E-state index contributed by atoms with van der Waals surface area (Å²) in [6.07, 6.45) is 3.32. The Morgan fingerprint density at radius 2 is 1.95 bits per heavy atom. The third-order valence-electron chi connectivity index (χ3n) is 3.84. The Morgan fingerprint density at radius 3 is 2.71 bits per heavy atom. The second-order valence-electron chi connectivity index (χ2n) is 7.07. The highest BCUT2D eigenvalue weighted by molar-refractivity contribution is 4.93. The predicted molar refractivity (Wildman–Crippen MR) is 85.2 cm³/mol. The van der Waals surface area contributed by atoms with Crippen molar-refractivity contribution >= 4 is 0 Å². The van der Waals surface area contributed by atoms with Crippen molar-refractivity contribution in [1.29, 1.82) is 0 Å². The highest BCUT2D eigenvalue weighted by Gasteiger charge is 2.13. The Bertz CT molecular complexity index is 422. The number of likely N-dealkylation sites (N-methyl/N-ethyl adjacent to an activating group) is 1. The highest BCUT2D eigenvalue weighted by Crippen LogP contribution is 2.03. The van der Waals surface area contributed by atoms with Crippen LogP contribution < -0.4 is 5.32 Å². The number of nitrogens with one attached hydrogen (secondary N) is 1. The van der Waals surface area contributed by atoms with Crippen molar-refractivity contribution in [2.45, 2.75) is 45.8 Å². The first kappa shape index (κ1) is 16.4. The first-order chi connectivity index (χ1) is 9.92. The molecule has 0 aromatic carbocycles. The van der Waals surface area contributed by atoms with Crippen LogP contribution in [0.25, 0.3) is 0 Å². The van der Waals surface area contributed by atoms with Gasteiger partial charge in [0.05, 0.1) is 12.2 Å². The van der Waals surface area contributed by atoms with E-state index in [1.165, 1.54) is 19.5 Å². The maximum absolute atomic E-state index is 4.24. The molecule has 0 bridgehead atoms. The van der Waals surface area contributed by atoms with Crippen molar-refractivity contribution < 1.29 is 0 Å². The van der Waals surface area contributed by atoms with Gasteiger partial charge in [-0.25, -0.2) is 0 Å². The van der Waals surface area contributed by atoms with Crippen molar-refractivity contribution in [3.8, 4) is 0 Å². The first-order valence-corrected chi connectivity index (χ1v) is 7.97. The summed E-state index contributed by atoms with van der Waals surface area (Å²) in [6.45, 7) is 14.0. The van der Waals surface area contributed by atoms with Gasteiger partial charge in [-0.2, -0.15) is 0 Å². The number of rotatable bonds is 5. The Hall–Kier alpha value is -0.980. The number of hydrogen-bond acceptors (Lipinski definition) is 5. The van der Waals surface area contributed by atoms with Crippen molar-refractivity contribution in [3.63, 3.8) is 0 Å². The van der Waals surface area contributed by atoms with E-state index in [0.717, 1.165) is 38.4 Å². The van der Waals surface area contributed by atoms with Crippen LogP contribution in [0.1, 0.15) is 32.9 Å². The van der Waals surface area contributed by atoms with Gasteiger partial charge in [0.1, 0.15) is 0 Å². The summed E-state index contributed by atoms with van der Waals surface area (Å²) in [5.41, 5.74) is 1.13. The lowest BCUT2D eigenvalue weighted by Crippen LogP contribution is -2.35. The van der Waals surface area contributed by atoms with Gasteiger partial charge in [0.15, 0.2) is 0 Å². The van der Waals surface area contributed by atoms with Crippen LogP contribution in [-0.4, -0.2) is 70.1 Å². The van der Waals surface area contributed by atoms with Crippen molar-refractivity contribution in [2.24, 2.45) is 0 Å². The Kier molecular flexibility index (Phi) is 5.72. The molecule has 1 saturated heterocycles. The molecule has 0 atom stereocenters. The van der Waals surface area contributed by atoms with Crippen LogP contribution in [-0.2, 0) is 13.1 Å². The van der Waals surface area contributed by atoms with E-state index in [1.807, 2.05) is 4.68 Å². The normalized spacial score (nSPS) is 18.9. The summed E-state index contributed by atoms with van der Waals surface area (Å²) >= 11 is 0. The van der Waals surface area contributed by atoms with Gasteiger partial charge >= 0.3 is 0 Å². The van der Waals surface area contributed by atoms with Gasteiger partial charge in [-0.3, -0.25) is 4.68 Å². The molecule has 1 fully saturated rings. The third-order valence-corrected chi connectivity index (χ3v) is 3.84. The minimum atomic E-state index is 0.113. The molecule has 0 radical (unpaired) electrons. The minimum absolute atomic E-state index is 0.113. The van der Waals surface area contributed by atoms with E-state index in [9.17, 15) is 0 Å². The molecule has 0 unspecified atom stereocenters. The molecule has 1 aliphatic rings. The molecule has 0 amide bonds. The van der Waals surface area contributed by atoms with Crippen molar-refractivity contribution in [2.75, 3.05) is 39.8 Å². The molecule has 21 heavy (non-hydrogen) atoms. The minimum Gasteiger partial charge on any atom is -0.306 e. The molecule has 1 N–H and O–H groups in total. The van der Waals surface area contributed by atoms with Gasteiger partial charge in [-0.1, -0.05) is 5.21 Å². The van der Waals surface area contributed by atoms with Crippen LogP contribution in [0.2, 0.25) is 0 Å². The Labute approximate surface area is 128 Å². The standard InChI is InChI=1S/C15H30N6/c1-15(2,3)16-12-14-13-21(18-17-14)11-10-20-7-5-6-19(4)8-9-20/h13,16H,5-12H2,1-4H3. The zero-order valence-corrected chi connectivity index (χ0v) is 14.0. The van der Waals surface area contributed by atoms with E-state index in [2.05, 4.69) is 59.4 Å². The summed E-state index contributed by atoms with van der Waals surface area (Å²) in [4.78, 5) is 4.93. The van der Waals surface area contributed by atoms with Crippen LogP contribution in [0, 0.1) is 0 Å². The largest absolute Gasteiger partial charge is 0.306 e. The van der Waals surface area contributed by atoms with Gasteiger partial charge in [-0.15, -0.1) is 5.10 Å². The summed E-state index contributed by atoms with van der Waals surface area (Å²) in [7, 11) is 2.20. The second kappa shape index (κ2) is 7.33. The van der Waals surface area contributed by atoms with E-state index >= 15 is 0 Å². The Balaban J connectivity index is 1.74. The van der Waals surface area contributed by atoms with Gasteiger partial charge in [-0.05, 0) is 47.3 Å². The molecular weight excluding hydrogens is 264 g/mol. The molecule has 0 aliphatic carbocycles. The molecule has 1 aliphatic heterocycles. The Morgan fingerprint density at radius 1 is 1.14 bits per heavy atom. The molecule has 2 rings (SSSR count). The van der Waals surface area contributed by atoms with E-state index in [1.54, 1.807) is 0 Å². The molecule has 6 nitrogen and oxygen atoms in total. The van der Waals surface area contributed by atoms with Gasteiger partial charge < -0.3 is 15.1 Å². The average Bonchev–Trinajstić information content (AvgIpc) is 2.76. The lowest BCUT2D eigenvalue weighted by molar-refractivity contribution is 0.262. The van der Waals surface area contributed by atoms with Gasteiger partial charge in [0, 0.05) is 37.9 Å². The van der Waals surface area contributed by atoms with Crippen molar-refractivity contribution in [3.05, 3.63) is 11.9 Å². The maximum atomic E-state index is 4.24. The smallest absolute Gasteiger partial charge is 0.0965 e. The third kappa shape index (κ3) is 6.11. The van der Waals surface area contributed by atoms with Crippen LogP contribution in [0.3, 0.4) is 0 Å². The summed E-state index contributed by atoms with van der Waals surface area (Å²) in [6, 6.07) is 0. The molecule has 6 heteroatoms. The van der Waals surface area contributed by atoms with Crippen molar-refractivity contribution in [1.82, 2.24) is 30.1 Å². The quantitative estimate of drug-likeness (QED) is 0.871. The van der Waals surface area contributed by atoms with Crippen LogP contribution >= 0.6 is 0 Å². The SMILES string of the molecule is CN1CCCN(CCn2cc(CNC(C)(C)C)nn2)CC1. The van der Waals surface area contributed by atoms with Gasteiger partial charge in [0.25, 0.3) is 0 Å². The number of nitrogens with zero attached hydrogens (tertiary/aromatic N) is 5. The molecule has 2 heterocycles. The molecule has 0 saturated carbocycles. The van der Waals surface area contributed by atoms with Crippen LogP contribution in [0.5, 0.6) is 0 Å².